The highest BCUT2D eigenvalue weighted by Crippen LogP contribution is 2.63. The third-order valence-corrected chi connectivity index (χ3v) is 35.7. The molecular formula is C111H186O25. The van der Waals surface area contributed by atoms with E-state index in [4.69, 9.17) is 56.8 Å². The molecule has 0 aromatic rings. The zero-order valence-electron chi connectivity index (χ0n) is 90.6. The van der Waals surface area contributed by atoms with Gasteiger partial charge in [0.2, 0.25) is 6.10 Å². The van der Waals surface area contributed by atoms with Crippen molar-refractivity contribution in [2.45, 2.75) is 497 Å². The molecule has 16 aliphatic rings. The number of hydrogen-bond acceptors (Lipinski definition) is 25. The molecule has 25 heteroatoms. The number of cyclic esters (lactones) is 2. The molecule has 3 saturated heterocycles. The first kappa shape index (κ1) is 117. The number of aliphatic hydroxyl groups is 1. The summed E-state index contributed by atoms with van der Waals surface area (Å²) in [7, 11) is 1.31. The molecule has 0 amide bonds. The number of hydrogen-bond donors (Lipinski definition) is 1. The standard InChI is InChI=1S/C17H28O2.C16H22O6.C16H26O3.C15H28O2.C14H26O2.C13H24O2.2C10H16O4/c1-5-16(2,3)15(18)19-17(4)13-7-11-6-12(9-13)10-14(17)8-11;1-5-16(2,3)15(19)22-12-7-6-8-10(9(7)13(17)20-4)14(18)21-11(8)12;1-4-14(2,3)13(17)19-16-8-11-5-12(9-16)7-15(18,6-11)10-16;1-7-14(5,6)12(16)17-15(13(2,3)4)10-8-9-11-15;1-6-13(4,5)12(15)16-14(11(2)3)9-7-8-10-14;1-5-12(3,4)11(14)15-13(6-2)9-7-8-10-13;1-4-10(2,3)9(12)14-7-5-8(11)13-6-7;1-4-10(2,3)9(12)14-7-5-6-13-8(7)11/h11-14H,5-10H2,1-4H3;7-12H,5-6H2,1-4H3;11-12,18H,4-10H2,1-3H3;7-11H2,1-6H3;11H,6-10H2,1-5H3;5-10H2,1-4H3;2*7H,4-6H2,1-3H3. The van der Waals surface area contributed by atoms with Gasteiger partial charge in [-0.1, -0.05) is 96.9 Å². The highest BCUT2D eigenvalue weighted by atomic mass is 16.6. The Bertz CT molecular complexity index is 4020. The van der Waals surface area contributed by atoms with Crippen molar-refractivity contribution in [1.29, 1.82) is 0 Å². The van der Waals surface area contributed by atoms with Crippen molar-refractivity contribution < 1.29 is 119 Å². The summed E-state index contributed by atoms with van der Waals surface area (Å²) in [5.41, 5.74) is -4.98. The molecule has 0 radical (unpaired) electrons. The Kier molecular flexibility index (Phi) is 39.3. The highest BCUT2D eigenvalue weighted by molar-refractivity contribution is 5.87. The topological polar surface area (TPSA) is 336 Å². The minimum Gasteiger partial charge on any atom is -0.469 e. The predicted molar refractivity (Wildman–Crippen MR) is 520 cm³/mol. The van der Waals surface area contributed by atoms with Crippen LogP contribution in [-0.4, -0.2) is 155 Å². The highest BCUT2D eigenvalue weighted by Gasteiger charge is 2.71. The number of fused-ring (bicyclic) bond motifs is 1. The molecule has 0 aromatic carbocycles. The number of carbonyl (C=O) groups is 12. The number of methoxy groups -OCH3 is 1. The van der Waals surface area contributed by atoms with Gasteiger partial charge in [0.1, 0.15) is 52.9 Å². The van der Waals surface area contributed by atoms with Gasteiger partial charge in [0.05, 0.1) is 80.9 Å². The lowest BCUT2D eigenvalue weighted by Gasteiger charge is -2.59. The van der Waals surface area contributed by atoms with Crippen molar-refractivity contribution in [1.82, 2.24) is 0 Å². The van der Waals surface area contributed by atoms with Gasteiger partial charge < -0.3 is 61.9 Å². The van der Waals surface area contributed by atoms with Gasteiger partial charge >= 0.3 is 71.6 Å². The van der Waals surface area contributed by atoms with Crippen LogP contribution in [-0.2, 0) is 114 Å². The monoisotopic (exact) mass is 1920 g/mol. The lowest BCUT2D eigenvalue weighted by Crippen LogP contribution is -2.61. The van der Waals surface area contributed by atoms with E-state index in [0.717, 1.165) is 115 Å². The van der Waals surface area contributed by atoms with Crippen LogP contribution in [0.2, 0.25) is 0 Å². The normalized spacial score (nSPS) is 30.4. The van der Waals surface area contributed by atoms with Crippen LogP contribution in [0.3, 0.4) is 0 Å². The first-order valence-electron chi connectivity index (χ1n) is 52.9. The Morgan fingerprint density at radius 3 is 1.23 bits per heavy atom. The second-order valence-corrected chi connectivity index (χ2v) is 50.0. The van der Waals surface area contributed by atoms with E-state index in [2.05, 4.69) is 55.4 Å². The van der Waals surface area contributed by atoms with Gasteiger partial charge in [-0.2, -0.15) is 0 Å². The second kappa shape index (κ2) is 45.9. The van der Waals surface area contributed by atoms with E-state index in [-0.39, 0.29) is 146 Å². The number of rotatable bonds is 27. The fourth-order valence-corrected chi connectivity index (χ4v) is 22.2. The van der Waals surface area contributed by atoms with E-state index in [0.29, 0.717) is 74.7 Å². The SMILES string of the molecule is CCC(C)(C)C(=O)OC1(C(C)(C)C)CCCC1.CCC(C)(C)C(=O)OC1(C(C)C)CCCC1.CCC(C)(C)C(=O)OC1(C)C2CC3CC(C2)CC1C3.CCC(C)(C)C(=O)OC12CC3CC(CC(O)(C3)C1)C2.CCC(C)(C)C(=O)OC1C2CC3C1OC(=O)C3C2C(=O)OC.CCC(C)(C)C(=O)OC1CCOC1=O.CCC(C)(C)C(=O)OC1COC(=O)C1.CCC1(OC(=O)C(C)(C)CC)CCCC1. The Labute approximate surface area is 818 Å². The molecule has 10 atom stereocenters. The maximum absolute atomic E-state index is 12.5. The molecule has 10 bridgehead atoms. The zero-order chi connectivity index (χ0) is 103. The lowest BCUT2D eigenvalue weighted by molar-refractivity contribution is -0.225. The minimum atomic E-state index is -0.687. The average molecular weight is 1920 g/mol. The van der Waals surface area contributed by atoms with Crippen LogP contribution in [0.4, 0.5) is 0 Å². The Morgan fingerprint density at radius 1 is 0.434 bits per heavy atom. The lowest BCUT2D eigenvalue weighted by atomic mass is 9.50. The molecule has 0 spiro atoms. The summed E-state index contributed by atoms with van der Waals surface area (Å²) in [4.78, 5) is 143. The average Bonchev–Trinajstić information content (AvgIpc) is 1.63. The van der Waals surface area contributed by atoms with Crippen LogP contribution in [0.1, 0.15) is 439 Å². The van der Waals surface area contributed by atoms with Gasteiger partial charge in [-0.3, -0.25) is 52.7 Å². The smallest absolute Gasteiger partial charge is 0.347 e. The summed E-state index contributed by atoms with van der Waals surface area (Å²) in [5.74, 6) is 0.903. The summed E-state index contributed by atoms with van der Waals surface area (Å²) in [5, 5.41) is 10.6. The molecule has 16 rings (SSSR count). The molecule has 25 nitrogen and oxygen atoms in total. The Hall–Kier alpha value is -6.40. The summed E-state index contributed by atoms with van der Waals surface area (Å²) < 4.78 is 65.3. The van der Waals surface area contributed by atoms with Crippen LogP contribution >= 0.6 is 0 Å². The third kappa shape index (κ3) is 27.9. The van der Waals surface area contributed by atoms with Crippen molar-refractivity contribution >= 4 is 71.6 Å². The Balaban J connectivity index is 0.000000213. The summed E-state index contributed by atoms with van der Waals surface area (Å²) in [6, 6.07) is 0. The van der Waals surface area contributed by atoms with Crippen molar-refractivity contribution in [2.75, 3.05) is 20.3 Å². The van der Waals surface area contributed by atoms with Crippen molar-refractivity contribution in [3.8, 4) is 0 Å². The van der Waals surface area contributed by atoms with Gasteiger partial charge in [-0.15, -0.1) is 0 Å². The van der Waals surface area contributed by atoms with Crippen LogP contribution < -0.4 is 0 Å². The van der Waals surface area contributed by atoms with Crippen LogP contribution in [0.25, 0.3) is 0 Å². The predicted octanol–water partition coefficient (Wildman–Crippen LogP) is 23.1. The van der Waals surface area contributed by atoms with E-state index >= 15 is 0 Å². The summed E-state index contributed by atoms with van der Waals surface area (Å²) in [6.07, 6.45) is 32.1. The van der Waals surface area contributed by atoms with Gasteiger partial charge in [0, 0.05) is 30.1 Å². The molecule has 10 unspecified atom stereocenters. The van der Waals surface area contributed by atoms with E-state index < -0.39 is 69.3 Å². The molecule has 1 N–H and O–H groups in total. The van der Waals surface area contributed by atoms with E-state index in [1.807, 2.05) is 145 Å². The van der Waals surface area contributed by atoms with E-state index in [1.165, 1.54) is 84.2 Å². The molecule has 780 valence electrons. The summed E-state index contributed by atoms with van der Waals surface area (Å²) in [6.45, 7) is 62.4. The maximum Gasteiger partial charge on any atom is 0.347 e. The molecule has 13 aliphatic carbocycles. The number of carbonyl (C=O) groups excluding carboxylic acids is 12. The van der Waals surface area contributed by atoms with Crippen LogP contribution in [0.5, 0.6) is 0 Å². The van der Waals surface area contributed by atoms with Gasteiger partial charge in [-0.05, 0) is 365 Å². The molecule has 16 fully saturated rings. The van der Waals surface area contributed by atoms with Crippen molar-refractivity contribution in [2.24, 2.45) is 114 Å². The fourth-order valence-electron chi connectivity index (χ4n) is 22.2. The molecule has 3 aliphatic heterocycles. The first-order chi connectivity index (χ1) is 62.8. The summed E-state index contributed by atoms with van der Waals surface area (Å²) >= 11 is 0. The quantitative estimate of drug-likeness (QED) is 0.0589. The number of esters is 12. The zero-order valence-corrected chi connectivity index (χ0v) is 90.6. The van der Waals surface area contributed by atoms with Gasteiger partial charge in [0.25, 0.3) is 0 Å². The van der Waals surface area contributed by atoms with Gasteiger partial charge in [0.15, 0.2) is 0 Å². The minimum absolute atomic E-state index is 0.0185. The molecular weight excluding hydrogens is 1730 g/mol. The molecule has 136 heavy (non-hydrogen) atoms. The first-order valence-corrected chi connectivity index (χ1v) is 52.9. The third-order valence-electron chi connectivity index (χ3n) is 35.7. The largest absolute Gasteiger partial charge is 0.469 e. The molecule has 0 aromatic heterocycles. The maximum atomic E-state index is 12.5. The van der Waals surface area contributed by atoms with E-state index in [1.54, 1.807) is 13.8 Å². The van der Waals surface area contributed by atoms with E-state index in [9.17, 15) is 62.6 Å². The van der Waals surface area contributed by atoms with Crippen molar-refractivity contribution in [3.05, 3.63) is 0 Å². The molecule has 3 heterocycles. The Morgan fingerprint density at radius 2 is 0.831 bits per heavy atom. The fraction of sp³-hybridized carbons (Fsp3) is 0.892. The van der Waals surface area contributed by atoms with Gasteiger partial charge in [-0.25, -0.2) is 4.79 Å². The molecule has 13 saturated carbocycles. The van der Waals surface area contributed by atoms with Crippen LogP contribution in [0.15, 0.2) is 0 Å². The van der Waals surface area contributed by atoms with Crippen molar-refractivity contribution in [3.63, 3.8) is 0 Å². The second-order valence-electron chi connectivity index (χ2n) is 50.0. The van der Waals surface area contributed by atoms with Crippen LogP contribution in [0, 0.1) is 114 Å². The number of ether oxygens (including phenoxy) is 12.